The first-order valence-corrected chi connectivity index (χ1v) is 6.97. The summed E-state index contributed by atoms with van der Waals surface area (Å²) in [6, 6.07) is 5.25. The van der Waals surface area contributed by atoms with Gasteiger partial charge in [-0.1, -0.05) is 12.1 Å². The molecule has 0 atom stereocenters. The number of nitro benzene ring substituents is 1. The summed E-state index contributed by atoms with van der Waals surface area (Å²) >= 11 is 0. The van der Waals surface area contributed by atoms with Crippen LogP contribution in [0.3, 0.4) is 0 Å². The van der Waals surface area contributed by atoms with Crippen LogP contribution in [0.15, 0.2) is 29.2 Å². The third kappa shape index (κ3) is 5.33. The van der Waals surface area contributed by atoms with Gasteiger partial charge in [0.05, 0.1) is 4.92 Å². The summed E-state index contributed by atoms with van der Waals surface area (Å²) in [4.78, 5) is 9.72. The zero-order valence-corrected chi connectivity index (χ0v) is 12.2. The molecule has 0 spiro atoms. The molecule has 0 saturated heterocycles. The number of nitrogens with two attached hydrogens (primary N) is 1. The Morgan fingerprint density at radius 1 is 1.21 bits per heavy atom. The topological polar surface area (TPSA) is 115 Å². The van der Waals surface area contributed by atoms with Gasteiger partial charge in [-0.3, -0.25) is 10.1 Å². The lowest BCUT2D eigenvalue weighted by atomic mass is 10.1. The van der Waals surface area contributed by atoms with Crippen LogP contribution in [0.1, 0.15) is 20.8 Å². The van der Waals surface area contributed by atoms with Crippen molar-refractivity contribution in [2.24, 2.45) is 5.73 Å². The summed E-state index contributed by atoms with van der Waals surface area (Å²) in [5, 5.41) is 10.7. The van der Waals surface area contributed by atoms with E-state index >= 15 is 0 Å². The molecule has 7 nitrogen and oxygen atoms in total. The van der Waals surface area contributed by atoms with Crippen LogP contribution in [0.4, 0.5) is 5.69 Å². The smallest absolute Gasteiger partial charge is 0.289 e. The van der Waals surface area contributed by atoms with Crippen molar-refractivity contribution in [3.05, 3.63) is 34.4 Å². The second-order valence-electron chi connectivity index (χ2n) is 4.58. The molecule has 0 aliphatic heterocycles. The van der Waals surface area contributed by atoms with E-state index in [4.69, 9.17) is 0 Å². The fraction of sp³-hybridized carbons (Fsp3) is 0.455. The molecule has 0 fully saturated rings. The molecule has 0 bridgehead atoms. The van der Waals surface area contributed by atoms with Crippen LogP contribution in [0.25, 0.3) is 0 Å². The molecule has 0 radical (unpaired) electrons. The van der Waals surface area contributed by atoms with E-state index in [1.807, 2.05) is 0 Å². The van der Waals surface area contributed by atoms with Gasteiger partial charge in [0.25, 0.3) is 5.69 Å². The summed E-state index contributed by atoms with van der Waals surface area (Å²) in [7, 11) is -2.39. The van der Waals surface area contributed by atoms with E-state index in [0.29, 0.717) is 0 Å². The van der Waals surface area contributed by atoms with Crippen LogP contribution in [-0.4, -0.2) is 25.9 Å². The summed E-state index contributed by atoms with van der Waals surface area (Å²) in [6.07, 6.45) is 0. The van der Waals surface area contributed by atoms with Crippen molar-refractivity contribution in [1.82, 2.24) is 4.72 Å². The van der Waals surface area contributed by atoms with Gasteiger partial charge in [0.2, 0.25) is 10.0 Å². The maximum atomic E-state index is 12.0. The van der Waals surface area contributed by atoms with Crippen molar-refractivity contribution in [3.8, 4) is 0 Å². The van der Waals surface area contributed by atoms with Crippen molar-refractivity contribution < 1.29 is 13.3 Å². The number of nitrogens with one attached hydrogen (secondary N) is 1. The number of hydrogen-bond donors (Lipinski definition) is 2. The highest BCUT2D eigenvalue weighted by Gasteiger charge is 2.28. The average molecular weight is 289 g/mol. The second kappa shape index (κ2) is 6.60. The quantitative estimate of drug-likeness (QED) is 0.641. The molecule has 8 heteroatoms. The largest absolute Gasteiger partial charge is 0.333 e. The SMILES string of the molecule is CC(C)(C)NS(=O)(=O)c1ccccc1[N+](=O)[O-].CN. The minimum atomic E-state index is -3.89. The highest BCUT2D eigenvalue weighted by Crippen LogP contribution is 2.23. The first-order valence-electron chi connectivity index (χ1n) is 5.49. The Balaban J connectivity index is 0.00000154. The summed E-state index contributed by atoms with van der Waals surface area (Å²) in [5.41, 5.74) is 3.38. The Labute approximate surface area is 113 Å². The molecule has 0 unspecified atom stereocenters. The Hall–Kier alpha value is -1.51. The number of sulfonamides is 1. The monoisotopic (exact) mass is 289 g/mol. The number of hydrogen-bond acceptors (Lipinski definition) is 5. The fourth-order valence-electron chi connectivity index (χ4n) is 1.29. The molecule has 0 aliphatic rings. The lowest BCUT2D eigenvalue weighted by Crippen LogP contribution is -2.40. The third-order valence-electron chi connectivity index (χ3n) is 1.79. The first-order chi connectivity index (χ1) is 8.63. The predicted molar refractivity (Wildman–Crippen MR) is 73.3 cm³/mol. The molecular formula is C11H19N3O4S. The lowest BCUT2D eigenvalue weighted by molar-refractivity contribution is -0.387. The number of benzene rings is 1. The fourth-order valence-corrected chi connectivity index (χ4v) is 2.89. The van der Waals surface area contributed by atoms with Crippen molar-refractivity contribution in [2.75, 3.05) is 7.05 Å². The normalized spacial score (nSPS) is 11.4. The van der Waals surface area contributed by atoms with Crippen molar-refractivity contribution >= 4 is 15.7 Å². The zero-order chi connectivity index (χ0) is 15.3. The van der Waals surface area contributed by atoms with Crippen LogP contribution in [0.5, 0.6) is 0 Å². The Bertz CT molecular complexity index is 535. The minimum Gasteiger partial charge on any atom is -0.333 e. The van der Waals surface area contributed by atoms with Crippen LogP contribution in [0, 0.1) is 10.1 Å². The molecule has 0 saturated carbocycles. The van der Waals surface area contributed by atoms with Crippen LogP contribution in [-0.2, 0) is 10.0 Å². The number of nitrogens with zero attached hydrogens (tertiary/aromatic N) is 1. The highest BCUT2D eigenvalue weighted by molar-refractivity contribution is 7.89. The van der Waals surface area contributed by atoms with E-state index in [2.05, 4.69) is 10.5 Å². The van der Waals surface area contributed by atoms with Gasteiger partial charge in [-0.25, -0.2) is 13.1 Å². The van der Waals surface area contributed by atoms with Gasteiger partial charge in [-0.05, 0) is 33.9 Å². The van der Waals surface area contributed by atoms with E-state index < -0.39 is 26.2 Å². The molecule has 1 aromatic carbocycles. The Kier molecular flexibility index (Phi) is 6.07. The maximum Gasteiger partial charge on any atom is 0.289 e. The van der Waals surface area contributed by atoms with E-state index in [1.54, 1.807) is 20.8 Å². The maximum absolute atomic E-state index is 12.0. The van der Waals surface area contributed by atoms with Gasteiger partial charge in [-0.15, -0.1) is 0 Å². The minimum absolute atomic E-state index is 0.320. The lowest BCUT2D eigenvalue weighted by Gasteiger charge is -2.20. The molecule has 19 heavy (non-hydrogen) atoms. The first kappa shape index (κ1) is 17.5. The summed E-state index contributed by atoms with van der Waals surface area (Å²) < 4.78 is 26.3. The number of nitro groups is 1. The predicted octanol–water partition coefficient (Wildman–Crippen LogP) is 1.25. The summed E-state index contributed by atoms with van der Waals surface area (Å²) in [5.74, 6) is 0. The molecule has 0 aliphatic carbocycles. The molecule has 3 N–H and O–H groups in total. The third-order valence-corrected chi connectivity index (χ3v) is 3.60. The summed E-state index contributed by atoms with van der Waals surface area (Å²) in [6.45, 7) is 5.00. The van der Waals surface area contributed by atoms with Crippen LogP contribution in [0.2, 0.25) is 0 Å². The van der Waals surface area contributed by atoms with Gasteiger partial charge in [0, 0.05) is 11.6 Å². The van der Waals surface area contributed by atoms with Crippen molar-refractivity contribution in [3.63, 3.8) is 0 Å². The van der Waals surface area contributed by atoms with E-state index in [0.717, 1.165) is 6.07 Å². The van der Waals surface area contributed by atoms with Crippen LogP contribution >= 0.6 is 0 Å². The molecule has 0 amide bonds. The molecular weight excluding hydrogens is 270 g/mol. The van der Waals surface area contributed by atoms with E-state index in [-0.39, 0.29) is 4.90 Å². The zero-order valence-electron chi connectivity index (χ0n) is 11.4. The van der Waals surface area contributed by atoms with E-state index in [9.17, 15) is 18.5 Å². The standard InChI is InChI=1S/C10H14N2O4S.CH5N/c1-10(2,3)11-17(15,16)9-7-5-4-6-8(9)12(13)14;1-2/h4-7,11H,1-3H3;2H2,1H3. The molecule has 0 aromatic heterocycles. The Morgan fingerprint density at radius 3 is 2.11 bits per heavy atom. The highest BCUT2D eigenvalue weighted by atomic mass is 32.2. The van der Waals surface area contributed by atoms with Gasteiger partial charge in [-0.2, -0.15) is 0 Å². The Morgan fingerprint density at radius 2 is 1.68 bits per heavy atom. The van der Waals surface area contributed by atoms with Crippen molar-refractivity contribution in [2.45, 2.75) is 31.2 Å². The average Bonchev–Trinajstić information content (AvgIpc) is 2.28. The molecule has 1 rings (SSSR count). The van der Waals surface area contributed by atoms with Gasteiger partial charge >= 0.3 is 0 Å². The second-order valence-corrected chi connectivity index (χ2v) is 6.23. The van der Waals surface area contributed by atoms with Crippen LogP contribution < -0.4 is 10.5 Å². The molecule has 1 aromatic rings. The number of rotatable bonds is 3. The van der Waals surface area contributed by atoms with E-state index in [1.165, 1.54) is 25.2 Å². The van der Waals surface area contributed by atoms with Gasteiger partial charge in [0.15, 0.2) is 4.90 Å². The van der Waals surface area contributed by atoms with Crippen molar-refractivity contribution in [1.29, 1.82) is 0 Å². The molecule has 0 heterocycles. The number of para-hydroxylation sites is 1. The molecule has 108 valence electrons. The van der Waals surface area contributed by atoms with Gasteiger partial charge in [0.1, 0.15) is 0 Å². The van der Waals surface area contributed by atoms with Gasteiger partial charge < -0.3 is 5.73 Å².